The molecule has 0 aliphatic heterocycles. The molecule has 24 heavy (non-hydrogen) atoms. The Hall–Kier alpha value is -1.79. The van der Waals surface area contributed by atoms with Crippen LogP contribution in [0.4, 0.5) is 15.9 Å². The Balaban J connectivity index is 1.96. The third-order valence-electron chi connectivity index (χ3n) is 3.17. The van der Waals surface area contributed by atoms with Crippen molar-refractivity contribution in [3.8, 4) is 0 Å². The molecule has 0 unspecified atom stereocenters. The lowest BCUT2D eigenvalue weighted by molar-refractivity contribution is 0.102. The summed E-state index contributed by atoms with van der Waals surface area (Å²) >= 11 is 7.27. The molecule has 0 fully saturated rings. The number of rotatable bonds is 7. The van der Waals surface area contributed by atoms with Crippen LogP contribution in [0, 0.1) is 11.7 Å². The number of hydrogen-bond donors (Lipinski definition) is 2. The van der Waals surface area contributed by atoms with Crippen molar-refractivity contribution < 1.29 is 9.18 Å². The van der Waals surface area contributed by atoms with Crippen LogP contribution in [0.25, 0.3) is 0 Å². The number of pyridine rings is 1. The van der Waals surface area contributed by atoms with Crippen LogP contribution in [0.5, 0.6) is 0 Å². The van der Waals surface area contributed by atoms with E-state index >= 15 is 0 Å². The summed E-state index contributed by atoms with van der Waals surface area (Å²) in [5.41, 5.74) is 0.890. The van der Waals surface area contributed by atoms with E-state index in [2.05, 4.69) is 28.9 Å². The number of amides is 1. The minimum Gasteiger partial charge on any atom is -0.322 e. The van der Waals surface area contributed by atoms with Crippen molar-refractivity contribution in [1.82, 2.24) is 4.98 Å². The Labute approximate surface area is 150 Å². The molecule has 0 aliphatic rings. The van der Waals surface area contributed by atoms with Crippen LogP contribution in [0.1, 0.15) is 30.6 Å². The first-order valence-electron chi connectivity index (χ1n) is 7.56. The van der Waals surface area contributed by atoms with Crippen molar-refractivity contribution in [2.75, 3.05) is 15.8 Å². The number of benzene rings is 1. The highest BCUT2D eigenvalue weighted by Crippen LogP contribution is 2.20. The number of carbonyl (C=O) groups is 1. The van der Waals surface area contributed by atoms with Crippen LogP contribution in [0.3, 0.4) is 0 Å². The van der Waals surface area contributed by atoms with Gasteiger partial charge in [0.05, 0.1) is 5.02 Å². The molecule has 0 atom stereocenters. The summed E-state index contributed by atoms with van der Waals surface area (Å²) in [5.74, 6) is 1.39. The average molecular weight is 368 g/mol. The zero-order chi connectivity index (χ0) is 17.5. The summed E-state index contributed by atoms with van der Waals surface area (Å²) in [6.45, 7) is 4.34. The first-order valence-corrected chi connectivity index (χ1v) is 8.92. The smallest absolute Gasteiger partial charge is 0.255 e. The van der Waals surface area contributed by atoms with E-state index in [9.17, 15) is 9.18 Å². The highest BCUT2D eigenvalue weighted by molar-refractivity contribution is 8.00. The van der Waals surface area contributed by atoms with E-state index in [4.69, 9.17) is 11.6 Å². The Morgan fingerprint density at radius 2 is 2.12 bits per heavy atom. The number of anilines is 2. The third kappa shape index (κ3) is 5.69. The quantitative estimate of drug-likeness (QED) is 0.519. The molecule has 0 spiro atoms. The van der Waals surface area contributed by atoms with E-state index in [-0.39, 0.29) is 10.9 Å². The zero-order valence-electron chi connectivity index (χ0n) is 13.5. The van der Waals surface area contributed by atoms with Gasteiger partial charge in [0, 0.05) is 23.2 Å². The first-order chi connectivity index (χ1) is 11.5. The standard InChI is InChI=1S/C17H19ClFN3OS/c1-11(2)6-8-24-22-16-9-12(5-7-20-16)17(23)21-13-3-4-15(19)14(18)10-13/h3-5,7,9-11H,6,8H2,1-2H3,(H,20,22)(H,21,23). The highest BCUT2D eigenvalue weighted by atomic mass is 35.5. The van der Waals surface area contributed by atoms with Gasteiger partial charge in [-0.1, -0.05) is 37.4 Å². The van der Waals surface area contributed by atoms with Gasteiger partial charge >= 0.3 is 0 Å². The lowest BCUT2D eigenvalue weighted by Crippen LogP contribution is -2.12. The van der Waals surface area contributed by atoms with E-state index in [1.54, 1.807) is 30.3 Å². The second kappa shape index (κ2) is 8.89. The van der Waals surface area contributed by atoms with Gasteiger partial charge in [-0.05, 0) is 42.7 Å². The molecule has 128 valence electrons. The fourth-order valence-electron chi connectivity index (χ4n) is 1.82. The topological polar surface area (TPSA) is 54.0 Å². The van der Waals surface area contributed by atoms with Crippen LogP contribution in [0.15, 0.2) is 36.5 Å². The van der Waals surface area contributed by atoms with Gasteiger partial charge in [-0.2, -0.15) is 0 Å². The average Bonchev–Trinajstić information content (AvgIpc) is 2.55. The summed E-state index contributed by atoms with van der Waals surface area (Å²) < 4.78 is 16.3. The molecule has 0 saturated heterocycles. The maximum Gasteiger partial charge on any atom is 0.255 e. The molecule has 7 heteroatoms. The SMILES string of the molecule is CC(C)CCSNc1cc(C(=O)Nc2ccc(F)c(Cl)c2)ccn1. The van der Waals surface area contributed by atoms with Crippen LogP contribution in [-0.2, 0) is 0 Å². The maximum atomic E-state index is 13.1. The van der Waals surface area contributed by atoms with Gasteiger partial charge in [0.1, 0.15) is 11.6 Å². The van der Waals surface area contributed by atoms with Crippen LogP contribution in [-0.4, -0.2) is 16.6 Å². The maximum absolute atomic E-state index is 13.1. The zero-order valence-corrected chi connectivity index (χ0v) is 15.0. The van der Waals surface area contributed by atoms with Crippen molar-refractivity contribution in [3.05, 3.63) is 52.9 Å². The molecular weight excluding hydrogens is 349 g/mol. The fourth-order valence-corrected chi connectivity index (χ4v) is 2.96. The van der Waals surface area contributed by atoms with Gasteiger partial charge in [-0.3, -0.25) is 4.79 Å². The van der Waals surface area contributed by atoms with E-state index in [0.717, 1.165) is 12.2 Å². The summed E-state index contributed by atoms with van der Waals surface area (Å²) in [6.07, 6.45) is 2.67. The normalized spacial score (nSPS) is 10.7. The predicted molar refractivity (Wildman–Crippen MR) is 99.1 cm³/mol. The lowest BCUT2D eigenvalue weighted by atomic mass is 10.2. The van der Waals surface area contributed by atoms with Gasteiger partial charge in [0.25, 0.3) is 5.91 Å². The first kappa shape index (κ1) is 18.5. The summed E-state index contributed by atoms with van der Waals surface area (Å²) in [4.78, 5) is 16.5. The molecular formula is C17H19ClFN3OS. The Morgan fingerprint density at radius 1 is 1.33 bits per heavy atom. The Kier molecular flexibility index (Phi) is 6.87. The summed E-state index contributed by atoms with van der Waals surface area (Å²) in [5, 5.41) is 2.65. The predicted octanol–water partition coefficient (Wildman–Crippen LogP) is 5.23. The molecule has 0 radical (unpaired) electrons. The number of nitrogens with zero attached hydrogens (tertiary/aromatic N) is 1. The van der Waals surface area contributed by atoms with Gasteiger partial charge in [0.15, 0.2) is 0 Å². The van der Waals surface area contributed by atoms with Crippen LogP contribution < -0.4 is 10.0 Å². The molecule has 4 nitrogen and oxygen atoms in total. The van der Waals surface area contributed by atoms with Crippen molar-refractivity contribution in [2.24, 2.45) is 5.92 Å². The molecule has 2 rings (SSSR count). The van der Waals surface area contributed by atoms with E-state index in [1.165, 1.54) is 18.2 Å². The number of halogens is 2. The van der Waals surface area contributed by atoms with Gasteiger partial charge < -0.3 is 10.0 Å². The highest BCUT2D eigenvalue weighted by Gasteiger charge is 2.09. The monoisotopic (exact) mass is 367 g/mol. The van der Waals surface area contributed by atoms with Crippen LogP contribution >= 0.6 is 23.5 Å². The van der Waals surface area contributed by atoms with E-state index < -0.39 is 5.82 Å². The van der Waals surface area contributed by atoms with Crippen molar-refractivity contribution in [3.63, 3.8) is 0 Å². The second-order valence-electron chi connectivity index (χ2n) is 5.65. The van der Waals surface area contributed by atoms with Gasteiger partial charge in [-0.25, -0.2) is 9.37 Å². The largest absolute Gasteiger partial charge is 0.322 e. The number of carbonyl (C=O) groups excluding carboxylic acids is 1. The molecule has 2 N–H and O–H groups in total. The lowest BCUT2D eigenvalue weighted by Gasteiger charge is -2.09. The number of nitrogens with one attached hydrogen (secondary N) is 2. The van der Waals surface area contributed by atoms with E-state index in [1.807, 2.05) is 0 Å². The molecule has 1 heterocycles. The molecule has 1 aromatic heterocycles. The molecule has 0 bridgehead atoms. The Bertz CT molecular complexity index is 712. The fraction of sp³-hybridized carbons (Fsp3) is 0.294. The second-order valence-corrected chi connectivity index (χ2v) is 6.95. The van der Waals surface area contributed by atoms with Crippen molar-refractivity contribution in [2.45, 2.75) is 20.3 Å². The van der Waals surface area contributed by atoms with Crippen molar-refractivity contribution in [1.29, 1.82) is 0 Å². The minimum atomic E-state index is -0.525. The molecule has 1 aromatic carbocycles. The molecule has 2 aromatic rings. The molecule has 0 aliphatic carbocycles. The minimum absolute atomic E-state index is 0.0357. The van der Waals surface area contributed by atoms with Crippen molar-refractivity contribution >= 4 is 41.0 Å². The Morgan fingerprint density at radius 3 is 2.83 bits per heavy atom. The van der Waals surface area contributed by atoms with Gasteiger partial charge in [-0.15, -0.1) is 0 Å². The summed E-state index contributed by atoms with van der Waals surface area (Å²) in [6, 6.07) is 7.33. The van der Waals surface area contributed by atoms with E-state index in [0.29, 0.717) is 23.0 Å². The summed E-state index contributed by atoms with van der Waals surface area (Å²) in [7, 11) is 0. The van der Waals surface area contributed by atoms with Crippen LogP contribution in [0.2, 0.25) is 5.02 Å². The number of hydrogen-bond acceptors (Lipinski definition) is 4. The molecule has 1 amide bonds. The molecule has 0 saturated carbocycles. The number of aromatic nitrogens is 1. The van der Waals surface area contributed by atoms with Gasteiger partial charge in [0.2, 0.25) is 0 Å². The third-order valence-corrected chi connectivity index (χ3v) is 4.26.